The largest absolute Gasteiger partial charge is 0.396 e. The van der Waals surface area contributed by atoms with Gasteiger partial charge in [-0.1, -0.05) is 32.0 Å². The van der Waals surface area contributed by atoms with E-state index in [0.717, 1.165) is 5.69 Å². The molecule has 0 saturated carbocycles. The Hall–Kier alpha value is -1.88. The van der Waals surface area contributed by atoms with Crippen molar-refractivity contribution in [2.45, 2.75) is 26.7 Å². The van der Waals surface area contributed by atoms with E-state index in [4.69, 9.17) is 5.11 Å². The Balaban J connectivity index is 0.000000956. The Morgan fingerprint density at radius 2 is 1.80 bits per heavy atom. The molecule has 0 bridgehead atoms. The van der Waals surface area contributed by atoms with Crippen LogP contribution in [0.3, 0.4) is 0 Å². The van der Waals surface area contributed by atoms with Crippen molar-refractivity contribution < 1.29 is 14.7 Å². The van der Waals surface area contributed by atoms with Gasteiger partial charge in [0.2, 0.25) is 5.91 Å². The molecule has 5 heteroatoms. The molecule has 1 aromatic carbocycles. The number of carbonyl (C=O) groups is 2. The molecule has 20 heavy (non-hydrogen) atoms. The van der Waals surface area contributed by atoms with Crippen molar-refractivity contribution in [3.05, 3.63) is 30.3 Å². The Bertz CT molecular complexity index is 434. The van der Waals surface area contributed by atoms with Gasteiger partial charge in [-0.3, -0.25) is 14.6 Å². The van der Waals surface area contributed by atoms with Gasteiger partial charge in [0.25, 0.3) is 0 Å². The van der Waals surface area contributed by atoms with Crippen LogP contribution >= 0.6 is 0 Å². The average molecular weight is 278 g/mol. The second kappa shape index (κ2) is 8.32. The molecule has 0 aliphatic carbocycles. The summed E-state index contributed by atoms with van der Waals surface area (Å²) >= 11 is 0. The van der Waals surface area contributed by atoms with E-state index in [2.05, 4.69) is 0 Å². The maximum atomic E-state index is 12.2. The summed E-state index contributed by atoms with van der Waals surface area (Å²) in [5.74, 6) is -0.166. The van der Waals surface area contributed by atoms with Crippen LogP contribution in [0.4, 0.5) is 10.5 Å². The second-order valence-electron chi connectivity index (χ2n) is 4.14. The molecule has 1 saturated heterocycles. The van der Waals surface area contributed by atoms with Crippen LogP contribution in [0.25, 0.3) is 0 Å². The second-order valence-corrected chi connectivity index (χ2v) is 4.14. The quantitative estimate of drug-likeness (QED) is 0.919. The lowest BCUT2D eigenvalue weighted by molar-refractivity contribution is -0.128. The van der Waals surface area contributed by atoms with E-state index in [1.165, 1.54) is 4.90 Å². The van der Waals surface area contributed by atoms with Gasteiger partial charge in [0.05, 0.1) is 0 Å². The lowest BCUT2D eigenvalue weighted by Crippen LogP contribution is -2.52. The van der Waals surface area contributed by atoms with Gasteiger partial charge in [0, 0.05) is 31.8 Å². The molecule has 1 aliphatic heterocycles. The molecule has 5 nitrogen and oxygen atoms in total. The summed E-state index contributed by atoms with van der Waals surface area (Å²) in [6.45, 7) is 4.66. The van der Waals surface area contributed by atoms with Gasteiger partial charge >= 0.3 is 6.03 Å². The Labute approximate surface area is 119 Å². The van der Waals surface area contributed by atoms with Gasteiger partial charge in [-0.25, -0.2) is 4.79 Å². The number of hydrogen-bond donors (Lipinski definition) is 1. The molecule has 0 aromatic heterocycles. The standard InChI is InChI=1S/C13H16N2O3.C2H6/c16-10-4-8-15-12(17)7-9-14(13(15)18)11-5-2-1-3-6-11;1-2/h1-3,5-6,16H,4,7-10H2;1-2H3. The normalized spacial score (nSPS) is 14.9. The molecular formula is C15H22N2O3. The molecule has 0 radical (unpaired) electrons. The number of carbonyl (C=O) groups excluding carboxylic acids is 2. The van der Waals surface area contributed by atoms with Crippen molar-refractivity contribution in [2.75, 3.05) is 24.6 Å². The predicted molar refractivity (Wildman–Crippen MR) is 78.6 cm³/mol. The number of hydrogen-bond acceptors (Lipinski definition) is 3. The SMILES string of the molecule is CC.O=C1CCN(c2ccccc2)C(=O)N1CCCO. The van der Waals surface area contributed by atoms with Crippen molar-refractivity contribution in [3.63, 3.8) is 0 Å². The summed E-state index contributed by atoms with van der Waals surface area (Å²) in [5, 5.41) is 8.79. The molecular weight excluding hydrogens is 256 g/mol. The summed E-state index contributed by atoms with van der Waals surface area (Å²) in [7, 11) is 0. The minimum absolute atomic E-state index is 0.0254. The number of benzene rings is 1. The lowest BCUT2D eigenvalue weighted by atomic mass is 10.2. The monoisotopic (exact) mass is 278 g/mol. The molecule has 110 valence electrons. The summed E-state index contributed by atoms with van der Waals surface area (Å²) in [6, 6.07) is 8.99. The summed E-state index contributed by atoms with van der Waals surface area (Å²) in [4.78, 5) is 26.7. The van der Waals surface area contributed by atoms with Crippen molar-refractivity contribution in [2.24, 2.45) is 0 Å². The zero-order chi connectivity index (χ0) is 15.0. The van der Waals surface area contributed by atoms with Crippen LogP contribution in [0.5, 0.6) is 0 Å². The van der Waals surface area contributed by atoms with Crippen LogP contribution < -0.4 is 4.90 Å². The zero-order valence-corrected chi connectivity index (χ0v) is 12.1. The van der Waals surface area contributed by atoms with E-state index < -0.39 is 0 Å². The smallest absolute Gasteiger partial charge is 0.331 e. The van der Waals surface area contributed by atoms with Gasteiger partial charge in [-0.2, -0.15) is 0 Å². The fourth-order valence-electron chi connectivity index (χ4n) is 1.99. The van der Waals surface area contributed by atoms with E-state index in [9.17, 15) is 9.59 Å². The molecule has 2 rings (SSSR count). The van der Waals surface area contributed by atoms with E-state index >= 15 is 0 Å². The highest BCUT2D eigenvalue weighted by Crippen LogP contribution is 2.20. The molecule has 1 aliphatic rings. The molecule has 0 unspecified atom stereocenters. The summed E-state index contributed by atoms with van der Waals surface area (Å²) < 4.78 is 0. The Morgan fingerprint density at radius 3 is 2.40 bits per heavy atom. The molecule has 0 spiro atoms. The third-order valence-electron chi connectivity index (χ3n) is 2.92. The van der Waals surface area contributed by atoms with Crippen LogP contribution in [0.15, 0.2) is 30.3 Å². The Kier molecular flexibility index (Phi) is 6.73. The minimum atomic E-state index is -0.300. The molecule has 0 atom stereocenters. The first-order valence-corrected chi connectivity index (χ1v) is 7.02. The number of anilines is 1. The molecule has 1 aromatic rings. The van der Waals surface area contributed by atoms with E-state index in [1.807, 2.05) is 44.2 Å². The number of aliphatic hydroxyl groups is 1. The molecule has 1 heterocycles. The van der Waals surface area contributed by atoms with Crippen molar-refractivity contribution in [1.29, 1.82) is 0 Å². The van der Waals surface area contributed by atoms with Gasteiger partial charge in [0.15, 0.2) is 0 Å². The average Bonchev–Trinajstić information content (AvgIpc) is 2.50. The maximum absolute atomic E-state index is 12.2. The van der Waals surface area contributed by atoms with Crippen molar-refractivity contribution >= 4 is 17.6 Å². The lowest BCUT2D eigenvalue weighted by Gasteiger charge is -2.34. The van der Waals surface area contributed by atoms with Crippen LogP contribution in [0.2, 0.25) is 0 Å². The number of urea groups is 1. The maximum Gasteiger partial charge on any atom is 0.331 e. The molecule has 1 N–H and O–H groups in total. The summed E-state index contributed by atoms with van der Waals surface area (Å²) in [6.07, 6.45) is 0.742. The fraction of sp³-hybridized carbons (Fsp3) is 0.467. The third-order valence-corrected chi connectivity index (χ3v) is 2.92. The van der Waals surface area contributed by atoms with E-state index in [-0.39, 0.29) is 25.1 Å². The van der Waals surface area contributed by atoms with Crippen LogP contribution in [0.1, 0.15) is 26.7 Å². The topological polar surface area (TPSA) is 60.9 Å². The summed E-state index contributed by atoms with van der Waals surface area (Å²) in [5.41, 5.74) is 0.795. The molecule has 1 fully saturated rings. The van der Waals surface area contributed by atoms with Crippen LogP contribution in [0, 0.1) is 0 Å². The molecule has 3 amide bonds. The van der Waals surface area contributed by atoms with E-state index in [1.54, 1.807) is 4.90 Å². The number of aliphatic hydroxyl groups excluding tert-OH is 1. The highest BCUT2D eigenvalue weighted by Gasteiger charge is 2.32. The highest BCUT2D eigenvalue weighted by atomic mass is 16.3. The number of nitrogens with zero attached hydrogens (tertiary/aromatic N) is 2. The first kappa shape index (κ1) is 16.2. The third kappa shape index (κ3) is 3.81. The predicted octanol–water partition coefficient (Wildman–Crippen LogP) is 2.25. The highest BCUT2D eigenvalue weighted by molar-refractivity contribution is 6.05. The number of rotatable bonds is 4. The Morgan fingerprint density at radius 1 is 1.15 bits per heavy atom. The van der Waals surface area contributed by atoms with Crippen LogP contribution in [-0.2, 0) is 4.79 Å². The number of para-hydroxylation sites is 1. The number of amides is 3. The van der Waals surface area contributed by atoms with Gasteiger partial charge in [-0.15, -0.1) is 0 Å². The first-order valence-electron chi connectivity index (χ1n) is 7.02. The van der Waals surface area contributed by atoms with Crippen molar-refractivity contribution in [3.8, 4) is 0 Å². The first-order chi connectivity index (χ1) is 9.74. The number of imide groups is 1. The fourth-order valence-corrected chi connectivity index (χ4v) is 1.99. The van der Waals surface area contributed by atoms with Gasteiger partial charge < -0.3 is 5.11 Å². The van der Waals surface area contributed by atoms with Crippen LogP contribution in [-0.4, -0.2) is 41.6 Å². The minimum Gasteiger partial charge on any atom is -0.396 e. The van der Waals surface area contributed by atoms with Crippen molar-refractivity contribution in [1.82, 2.24) is 4.90 Å². The van der Waals surface area contributed by atoms with E-state index in [0.29, 0.717) is 19.4 Å². The zero-order valence-electron chi connectivity index (χ0n) is 12.1. The van der Waals surface area contributed by atoms with Gasteiger partial charge in [0.1, 0.15) is 0 Å². The van der Waals surface area contributed by atoms with Gasteiger partial charge in [-0.05, 0) is 18.6 Å².